The molecule has 2 N–H and O–H groups in total. The Kier molecular flexibility index (Phi) is 9.24. The van der Waals surface area contributed by atoms with E-state index in [0.29, 0.717) is 61.8 Å². The van der Waals surface area contributed by atoms with Crippen LogP contribution in [-0.2, 0) is 4.79 Å². The summed E-state index contributed by atoms with van der Waals surface area (Å²) in [5.41, 5.74) is 6.91. The van der Waals surface area contributed by atoms with Gasteiger partial charge in [0.25, 0.3) is 5.91 Å². The Morgan fingerprint density at radius 1 is 1.08 bits per heavy atom. The van der Waals surface area contributed by atoms with E-state index < -0.39 is 17.6 Å². The molecule has 8 heteroatoms. The van der Waals surface area contributed by atoms with E-state index in [1.54, 1.807) is 23.1 Å². The second-order valence-electron chi connectivity index (χ2n) is 10.8. The number of hydrogen-bond donors (Lipinski definition) is 1. The smallest absolute Gasteiger partial charge is 0.254 e. The molecule has 2 amide bonds. The number of alkyl halides is 1. The van der Waals surface area contributed by atoms with Crippen molar-refractivity contribution in [3.63, 3.8) is 0 Å². The minimum atomic E-state index is -1.10. The van der Waals surface area contributed by atoms with Gasteiger partial charge in [0.05, 0.1) is 18.2 Å². The predicted octanol–water partition coefficient (Wildman–Crippen LogP) is 4.93. The van der Waals surface area contributed by atoms with Crippen molar-refractivity contribution in [2.45, 2.75) is 64.1 Å². The van der Waals surface area contributed by atoms with Gasteiger partial charge >= 0.3 is 0 Å². The van der Waals surface area contributed by atoms with Gasteiger partial charge in [-0.2, -0.15) is 5.26 Å². The number of carbonyl (C=O) groups excluding carboxylic acids is 2. The molecule has 0 aliphatic carbocycles. The Morgan fingerprint density at radius 3 is 2.38 bits per heavy atom. The summed E-state index contributed by atoms with van der Waals surface area (Å²) < 4.78 is 20.8. The van der Waals surface area contributed by atoms with Crippen molar-refractivity contribution in [2.75, 3.05) is 32.8 Å². The van der Waals surface area contributed by atoms with Crippen molar-refractivity contribution in [1.29, 1.82) is 5.26 Å². The first-order valence-electron chi connectivity index (χ1n) is 14.1. The average molecular weight is 535 g/mol. The third-order valence-electron chi connectivity index (χ3n) is 8.36. The Labute approximate surface area is 230 Å². The average Bonchev–Trinajstić information content (AvgIpc) is 3.47. The van der Waals surface area contributed by atoms with E-state index in [0.717, 1.165) is 43.5 Å². The molecule has 2 aromatic rings. The zero-order chi connectivity index (χ0) is 28.0. The molecular weight excluding hydrogens is 495 g/mol. The predicted molar refractivity (Wildman–Crippen MR) is 149 cm³/mol. The van der Waals surface area contributed by atoms with Crippen LogP contribution in [0.4, 0.5) is 4.39 Å². The second-order valence-corrected chi connectivity index (χ2v) is 10.8. The standard InChI is InChI=1S/C31H39FN4O3/c1-3-31(32,4-2)21-35-16-13-22(14-17-35)20-39-26-11-12-27(25(18-26)19-33)23-7-9-24(10-8-23)30(38)36-15-5-6-28(36)29(34)37/h7-12,18,22,28H,3-6,13-17,20-21H2,1-2H3,(H2,34,37)/t28-/m0/s1. The van der Waals surface area contributed by atoms with Crippen molar-refractivity contribution >= 4 is 11.8 Å². The SMILES string of the molecule is CCC(F)(CC)CN1CCC(COc2ccc(-c3ccc(C(=O)N4CCC[C@H]4C(N)=O)cc3)c(C#N)c2)CC1. The first-order chi connectivity index (χ1) is 18.8. The summed E-state index contributed by atoms with van der Waals surface area (Å²) in [6.45, 7) is 7.17. The molecule has 2 aliphatic rings. The molecule has 2 heterocycles. The first kappa shape index (κ1) is 28.6. The van der Waals surface area contributed by atoms with Crippen LogP contribution in [0.15, 0.2) is 42.5 Å². The van der Waals surface area contributed by atoms with Crippen molar-refractivity contribution in [3.05, 3.63) is 53.6 Å². The summed E-state index contributed by atoms with van der Waals surface area (Å²) in [6.07, 6.45) is 4.37. The Bertz CT molecular complexity index is 1200. The molecule has 4 rings (SSSR count). The molecular formula is C31H39FN4O3. The topological polar surface area (TPSA) is 99.7 Å². The number of rotatable bonds is 10. The summed E-state index contributed by atoms with van der Waals surface area (Å²) in [4.78, 5) is 28.4. The van der Waals surface area contributed by atoms with E-state index in [1.165, 1.54) is 0 Å². The van der Waals surface area contributed by atoms with Crippen LogP contribution in [0.5, 0.6) is 5.75 Å². The molecule has 208 valence electrons. The fourth-order valence-corrected chi connectivity index (χ4v) is 5.62. The number of likely N-dealkylation sites (tertiary alicyclic amines) is 2. The largest absolute Gasteiger partial charge is 0.493 e. The molecule has 7 nitrogen and oxygen atoms in total. The van der Waals surface area contributed by atoms with Crippen molar-refractivity contribution in [2.24, 2.45) is 11.7 Å². The lowest BCUT2D eigenvalue weighted by molar-refractivity contribution is -0.121. The summed E-state index contributed by atoms with van der Waals surface area (Å²) in [5.74, 6) is 0.364. The fourth-order valence-electron chi connectivity index (χ4n) is 5.62. The van der Waals surface area contributed by atoms with Crippen LogP contribution in [0.25, 0.3) is 11.1 Å². The molecule has 2 saturated heterocycles. The lowest BCUT2D eigenvalue weighted by Crippen LogP contribution is -2.44. The minimum Gasteiger partial charge on any atom is -0.493 e. The number of nitrogens with two attached hydrogens (primary N) is 1. The van der Waals surface area contributed by atoms with Gasteiger partial charge in [-0.05, 0) is 99.0 Å². The number of nitrogens with zero attached hydrogens (tertiary/aromatic N) is 3. The Balaban J connectivity index is 1.34. The van der Waals surface area contributed by atoms with Crippen LogP contribution >= 0.6 is 0 Å². The molecule has 0 radical (unpaired) electrons. The van der Waals surface area contributed by atoms with Crippen LogP contribution in [-0.4, -0.2) is 66.1 Å². The molecule has 39 heavy (non-hydrogen) atoms. The lowest BCUT2D eigenvalue weighted by Gasteiger charge is -2.36. The van der Waals surface area contributed by atoms with Gasteiger partial charge in [-0.25, -0.2) is 4.39 Å². The van der Waals surface area contributed by atoms with Crippen molar-refractivity contribution in [3.8, 4) is 22.9 Å². The molecule has 2 aliphatic heterocycles. The maximum Gasteiger partial charge on any atom is 0.254 e. The van der Waals surface area contributed by atoms with Crippen LogP contribution in [0.3, 0.4) is 0 Å². The first-order valence-corrected chi connectivity index (χ1v) is 14.1. The van der Waals surface area contributed by atoms with Gasteiger partial charge in [0, 0.05) is 18.7 Å². The van der Waals surface area contributed by atoms with Crippen LogP contribution in [0, 0.1) is 17.2 Å². The molecule has 0 saturated carbocycles. The number of carbonyl (C=O) groups is 2. The second kappa shape index (κ2) is 12.6. The monoisotopic (exact) mass is 534 g/mol. The van der Waals surface area contributed by atoms with Crippen LogP contribution in [0.1, 0.15) is 68.3 Å². The number of halogens is 1. The Morgan fingerprint density at radius 2 is 1.77 bits per heavy atom. The zero-order valence-electron chi connectivity index (χ0n) is 23.0. The number of primary amides is 1. The van der Waals surface area contributed by atoms with E-state index in [9.17, 15) is 19.2 Å². The number of benzene rings is 2. The summed E-state index contributed by atoms with van der Waals surface area (Å²) in [5, 5.41) is 9.81. The van der Waals surface area contributed by atoms with Gasteiger partial charge < -0.3 is 20.3 Å². The third-order valence-corrected chi connectivity index (χ3v) is 8.36. The zero-order valence-corrected chi connectivity index (χ0v) is 23.0. The van der Waals surface area contributed by atoms with Gasteiger partial charge in [0.15, 0.2) is 0 Å². The van der Waals surface area contributed by atoms with Crippen molar-refractivity contribution < 1.29 is 18.7 Å². The molecule has 1 atom stereocenters. The van der Waals surface area contributed by atoms with Gasteiger partial charge in [0.2, 0.25) is 5.91 Å². The highest BCUT2D eigenvalue weighted by atomic mass is 19.1. The summed E-state index contributed by atoms with van der Waals surface area (Å²) in [7, 11) is 0. The summed E-state index contributed by atoms with van der Waals surface area (Å²) >= 11 is 0. The van der Waals surface area contributed by atoms with Gasteiger partial charge in [-0.3, -0.25) is 9.59 Å². The number of piperidine rings is 1. The van der Waals surface area contributed by atoms with E-state index in [1.807, 2.05) is 38.1 Å². The van der Waals surface area contributed by atoms with Crippen molar-refractivity contribution in [1.82, 2.24) is 9.80 Å². The molecule has 0 spiro atoms. The quantitative estimate of drug-likeness (QED) is 0.466. The third kappa shape index (κ3) is 6.77. The number of amides is 2. The number of nitriles is 1. The van der Waals surface area contributed by atoms with Crippen LogP contribution in [0.2, 0.25) is 0 Å². The van der Waals surface area contributed by atoms with Gasteiger partial charge in [-0.1, -0.05) is 26.0 Å². The normalized spacial score (nSPS) is 18.6. The molecule has 0 unspecified atom stereocenters. The molecule has 2 fully saturated rings. The van der Waals surface area contributed by atoms with Gasteiger partial charge in [-0.15, -0.1) is 0 Å². The minimum absolute atomic E-state index is 0.210. The number of hydrogen-bond acceptors (Lipinski definition) is 5. The highest BCUT2D eigenvalue weighted by Gasteiger charge is 2.33. The maximum atomic E-state index is 14.8. The molecule has 2 aromatic carbocycles. The maximum absolute atomic E-state index is 14.8. The van der Waals surface area contributed by atoms with Gasteiger partial charge in [0.1, 0.15) is 17.5 Å². The fraction of sp³-hybridized carbons (Fsp3) is 0.516. The van der Waals surface area contributed by atoms with E-state index in [4.69, 9.17) is 10.5 Å². The highest BCUT2D eigenvalue weighted by molar-refractivity contribution is 5.98. The lowest BCUT2D eigenvalue weighted by atomic mass is 9.94. The highest BCUT2D eigenvalue weighted by Crippen LogP contribution is 2.30. The van der Waals surface area contributed by atoms with Crippen LogP contribution < -0.4 is 10.5 Å². The van der Waals surface area contributed by atoms with E-state index in [2.05, 4.69) is 11.0 Å². The van der Waals surface area contributed by atoms with E-state index >= 15 is 0 Å². The summed E-state index contributed by atoms with van der Waals surface area (Å²) in [6, 6.07) is 14.3. The van der Waals surface area contributed by atoms with E-state index in [-0.39, 0.29) is 5.91 Å². The number of ether oxygens (including phenoxy) is 1. The Hall–Kier alpha value is -3.44. The molecule has 0 bridgehead atoms. The molecule has 0 aromatic heterocycles.